The molecule has 0 radical (unpaired) electrons. The lowest BCUT2D eigenvalue weighted by Gasteiger charge is -2.29. The Morgan fingerprint density at radius 3 is 1.52 bits per heavy atom. The lowest BCUT2D eigenvalue weighted by molar-refractivity contribution is -0.870. The molecule has 0 spiro atoms. The van der Waals surface area contributed by atoms with E-state index in [1.54, 1.807) is 6.08 Å². The van der Waals surface area contributed by atoms with Crippen LogP contribution in [0.25, 0.3) is 0 Å². The van der Waals surface area contributed by atoms with Gasteiger partial charge in [0, 0.05) is 6.42 Å². The predicted molar refractivity (Wildman–Crippen MR) is 260 cm³/mol. The van der Waals surface area contributed by atoms with Gasteiger partial charge in [-0.1, -0.05) is 189 Å². The number of allylic oxidation sites excluding steroid dienone is 11. The average molecular weight is 875 g/mol. The lowest BCUT2D eigenvalue weighted by atomic mass is 10.0. The molecule has 3 atom stereocenters. The fraction of sp³-hybridized carbons (Fsp3) is 0.750. The van der Waals surface area contributed by atoms with Crippen molar-refractivity contribution in [3.8, 4) is 0 Å². The standard InChI is InChI=1S/C52H95N2O6P/c1-6-8-10-12-14-16-18-20-22-24-25-26-27-28-30-31-33-35-37-39-41-43-45-51(55)50(49-60-61(57,58)59-48-47-54(3,4)5)53-52(56)46-44-42-40-38-36-34-32-29-23-21-19-17-15-13-11-9-7-2/h9,11,15,17,21,23,28,30,35,37,43,45,50-51,55H,6-8,10,12-14,16,18-20,22,24-27,29,31-34,36,38-42,44,46-49H2,1-5H3,(H-,53,56,57,58)/b11-9-,17-15-,23-21-,30-28+,37-35+,45-43+. The Hall–Kier alpha value is -2.06. The zero-order chi connectivity index (χ0) is 45.0. The summed E-state index contributed by atoms with van der Waals surface area (Å²) in [6.45, 7) is 4.49. The van der Waals surface area contributed by atoms with E-state index in [1.165, 1.54) is 103 Å². The number of amides is 1. The monoisotopic (exact) mass is 875 g/mol. The number of aliphatic hydroxyl groups is 1. The summed E-state index contributed by atoms with van der Waals surface area (Å²) in [4.78, 5) is 25.4. The fourth-order valence-corrected chi connectivity index (χ4v) is 7.45. The van der Waals surface area contributed by atoms with Gasteiger partial charge in [-0.05, 0) is 77.0 Å². The number of unbranched alkanes of at least 4 members (excludes halogenated alkanes) is 21. The maximum absolute atomic E-state index is 12.9. The first-order valence-corrected chi connectivity index (χ1v) is 26.3. The van der Waals surface area contributed by atoms with Gasteiger partial charge in [0.1, 0.15) is 13.2 Å². The second-order valence-electron chi connectivity index (χ2n) is 17.8. The van der Waals surface area contributed by atoms with Crippen LogP contribution in [0.5, 0.6) is 0 Å². The van der Waals surface area contributed by atoms with Gasteiger partial charge in [0.15, 0.2) is 0 Å². The molecule has 0 aliphatic heterocycles. The molecular formula is C52H95N2O6P. The molecule has 0 aliphatic carbocycles. The molecule has 0 aromatic carbocycles. The first-order chi connectivity index (χ1) is 29.5. The van der Waals surface area contributed by atoms with Gasteiger partial charge in [-0.3, -0.25) is 9.36 Å². The number of hydrogen-bond donors (Lipinski definition) is 2. The first kappa shape index (κ1) is 58.9. The smallest absolute Gasteiger partial charge is 0.268 e. The molecule has 0 saturated carbocycles. The quantitative estimate of drug-likeness (QED) is 0.0273. The summed E-state index contributed by atoms with van der Waals surface area (Å²) in [5, 5.41) is 13.8. The van der Waals surface area contributed by atoms with E-state index in [9.17, 15) is 19.4 Å². The van der Waals surface area contributed by atoms with Gasteiger partial charge in [-0.2, -0.15) is 0 Å². The summed E-state index contributed by atoms with van der Waals surface area (Å²) in [7, 11) is 1.22. The second kappa shape index (κ2) is 43.2. The Bertz CT molecular complexity index is 1220. The summed E-state index contributed by atoms with van der Waals surface area (Å²) in [5.41, 5.74) is 0. The molecule has 8 nitrogen and oxygen atoms in total. The van der Waals surface area contributed by atoms with E-state index >= 15 is 0 Å². The molecule has 354 valence electrons. The fourth-order valence-electron chi connectivity index (χ4n) is 6.73. The Labute approximate surface area is 376 Å². The van der Waals surface area contributed by atoms with Crippen LogP contribution in [-0.4, -0.2) is 68.5 Å². The third kappa shape index (κ3) is 45.8. The van der Waals surface area contributed by atoms with Crippen LogP contribution in [-0.2, 0) is 18.4 Å². The van der Waals surface area contributed by atoms with E-state index in [2.05, 4.69) is 79.9 Å². The Kier molecular flexibility index (Phi) is 41.7. The molecule has 0 aromatic heterocycles. The number of hydrogen-bond acceptors (Lipinski definition) is 6. The number of phosphoric ester groups is 1. The van der Waals surface area contributed by atoms with Crippen molar-refractivity contribution in [3.05, 3.63) is 72.9 Å². The van der Waals surface area contributed by atoms with Crippen molar-refractivity contribution in [2.75, 3.05) is 40.9 Å². The number of carbonyl (C=O) groups excluding carboxylic acids is 1. The van der Waals surface area contributed by atoms with Crippen molar-refractivity contribution in [1.29, 1.82) is 0 Å². The summed E-state index contributed by atoms with van der Waals surface area (Å²) in [6.07, 6.45) is 58.2. The van der Waals surface area contributed by atoms with Gasteiger partial charge >= 0.3 is 0 Å². The third-order valence-corrected chi connectivity index (χ3v) is 11.6. The van der Waals surface area contributed by atoms with Crippen LogP contribution >= 0.6 is 7.82 Å². The molecular weight excluding hydrogens is 780 g/mol. The lowest BCUT2D eigenvalue weighted by Crippen LogP contribution is -2.45. The van der Waals surface area contributed by atoms with E-state index < -0.39 is 26.6 Å². The highest BCUT2D eigenvalue weighted by Gasteiger charge is 2.23. The molecule has 61 heavy (non-hydrogen) atoms. The maximum atomic E-state index is 12.9. The van der Waals surface area contributed by atoms with E-state index in [1.807, 2.05) is 27.2 Å². The number of carbonyl (C=O) groups is 1. The molecule has 0 aromatic rings. The number of quaternary nitrogens is 1. The number of likely N-dealkylation sites (N-methyl/N-ethyl adjacent to an activating group) is 1. The Morgan fingerprint density at radius 2 is 1.02 bits per heavy atom. The van der Waals surface area contributed by atoms with Crippen LogP contribution in [0.2, 0.25) is 0 Å². The summed E-state index contributed by atoms with van der Waals surface area (Å²) >= 11 is 0. The van der Waals surface area contributed by atoms with Gasteiger partial charge in [-0.15, -0.1) is 0 Å². The zero-order valence-electron chi connectivity index (χ0n) is 40.1. The van der Waals surface area contributed by atoms with Crippen LogP contribution in [0.4, 0.5) is 0 Å². The molecule has 2 N–H and O–H groups in total. The molecule has 0 bridgehead atoms. The van der Waals surface area contributed by atoms with Crippen LogP contribution < -0.4 is 10.2 Å². The predicted octanol–water partition coefficient (Wildman–Crippen LogP) is 13.7. The molecule has 0 aliphatic rings. The molecule has 1 amide bonds. The van der Waals surface area contributed by atoms with Crippen LogP contribution in [0.1, 0.15) is 200 Å². The highest BCUT2D eigenvalue weighted by Crippen LogP contribution is 2.38. The zero-order valence-corrected chi connectivity index (χ0v) is 41.0. The van der Waals surface area contributed by atoms with Crippen LogP contribution in [0, 0.1) is 0 Å². The number of phosphoric acid groups is 1. The molecule has 0 heterocycles. The molecule has 0 rings (SSSR count). The van der Waals surface area contributed by atoms with Gasteiger partial charge in [0.25, 0.3) is 7.82 Å². The molecule has 3 unspecified atom stereocenters. The van der Waals surface area contributed by atoms with Crippen LogP contribution in [0.15, 0.2) is 72.9 Å². The average Bonchev–Trinajstić information content (AvgIpc) is 3.21. The topological polar surface area (TPSA) is 108 Å². The Morgan fingerprint density at radius 1 is 0.590 bits per heavy atom. The number of nitrogens with one attached hydrogen (secondary N) is 1. The van der Waals surface area contributed by atoms with Crippen molar-refractivity contribution in [3.63, 3.8) is 0 Å². The van der Waals surface area contributed by atoms with E-state index in [-0.39, 0.29) is 12.5 Å². The highest BCUT2D eigenvalue weighted by molar-refractivity contribution is 7.45. The normalized spacial score (nSPS) is 14.8. The minimum absolute atomic E-state index is 0.0144. The van der Waals surface area contributed by atoms with Gasteiger partial charge < -0.3 is 28.8 Å². The largest absolute Gasteiger partial charge is 0.756 e. The van der Waals surface area contributed by atoms with E-state index in [0.717, 1.165) is 77.0 Å². The highest BCUT2D eigenvalue weighted by atomic mass is 31.2. The molecule has 0 fully saturated rings. The molecule has 9 heteroatoms. The summed E-state index contributed by atoms with van der Waals surface area (Å²) in [5.74, 6) is -0.224. The van der Waals surface area contributed by atoms with Crippen molar-refractivity contribution in [1.82, 2.24) is 5.32 Å². The minimum atomic E-state index is -4.61. The van der Waals surface area contributed by atoms with Crippen molar-refractivity contribution in [2.24, 2.45) is 0 Å². The van der Waals surface area contributed by atoms with Gasteiger partial charge in [0.2, 0.25) is 5.91 Å². The number of rotatable bonds is 44. The van der Waals surface area contributed by atoms with E-state index in [4.69, 9.17) is 9.05 Å². The van der Waals surface area contributed by atoms with Gasteiger partial charge in [-0.25, -0.2) is 0 Å². The molecule has 0 saturated heterocycles. The minimum Gasteiger partial charge on any atom is -0.756 e. The van der Waals surface area contributed by atoms with Gasteiger partial charge in [0.05, 0.1) is 39.9 Å². The summed E-state index contributed by atoms with van der Waals surface area (Å²) < 4.78 is 23.2. The SMILES string of the molecule is CC/C=C\C/C=C\C/C=C\CCCCCCCCCC(=O)NC(COP(=O)([O-])OCC[N+](C)(C)C)C(O)/C=C/CC/C=C/CC/C=C/CCCCCCCCCCCCCC. The summed E-state index contributed by atoms with van der Waals surface area (Å²) in [6, 6.07) is -0.918. The van der Waals surface area contributed by atoms with Crippen molar-refractivity contribution >= 4 is 13.7 Å². The van der Waals surface area contributed by atoms with Crippen LogP contribution in [0.3, 0.4) is 0 Å². The number of aliphatic hydroxyl groups excluding tert-OH is 1. The number of nitrogens with zero attached hydrogens (tertiary/aromatic N) is 1. The van der Waals surface area contributed by atoms with Crippen molar-refractivity contribution in [2.45, 2.75) is 212 Å². The second-order valence-corrected chi connectivity index (χ2v) is 19.2. The third-order valence-electron chi connectivity index (χ3n) is 10.6. The van der Waals surface area contributed by atoms with Crippen molar-refractivity contribution < 1.29 is 32.9 Å². The maximum Gasteiger partial charge on any atom is 0.268 e. The van der Waals surface area contributed by atoms with E-state index in [0.29, 0.717) is 17.4 Å². The Balaban J connectivity index is 4.44. The first-order valence-electron chi connectivity index (χ1n) is 24.8.